The number of nitrogens with zero attached hydrogens (tertiary/aromatic N) is 1. The molecule has 1 saturated carbocycles. The SMILES string of the molecule is O=C(N1CC2CCC1C2)C1(c2cccc(F)c2)CCOCC1. The second-order valence-electron chi connectivity index (χ2n) is 7.00. The van der Waals surface area contributed by atoms with E-state index >= 15 is 0 Å². The van der Waals surface area contributed by atoms with Crippen LogP contribution in [-0.4, -0.2) is 36.6 Å². The van der Waals surface area contributed by atoms with Gasteiger partial charge in [0.1, 0.15) is 5.82 Å². The van der Waals surface area contributed by atoms with Gasteiger partial charge in [0.15, 0.2) is 0 Å². The van der Waals surface area contributed by atoms with Gasteiger partial charge in [0.2, 0.25) is 5.91 Å². The molecule has 3 aliphatic rings. The van der Waals surface area contributed by atoms with Crippen LogP contribution in [0.4, 0.5) is 4.39 Å². The summed E-state index contributed by atoms with van der Waals surface area (Å²) in [5.41, 5.74) is 0.230. The van der Waals surface area contributed by atoms with Gasteiger partial charge in [0, 0.05) is 25.8 Å². The molecule has 118 valence electrons. The number of amides is 1. The lowest BCUT2D eigenvalue weighted by molar-refractivity contribution is -0.143. The molecule has 0 N–H and O–H groups in total. The lowest BCUT2D eigenvalue weighted by atomic mass is 9.72. The summed E-state index contributed by atoms with van der Waals surface area (Å²) in [5, 5.41) is 0. The molecule has 1 aliphatic carbocycles. The monoisotopic (exact) mass is 303 g/mol. The molecule has 2 saturated heterocycles. The highest BCUT2D eigenvalue weighted by Crippen LogP contribution is 2.43. The van der Waals surface area contributed by atoms with Crippen molar-refractivity contribution in [3.63, 3.8) is 0 Å². The molecule has 2 heterocycles. The zero-order valence-corrected chi connectivity index (χ0v) is 12.8. The lowest BCUT2D eigenvalue weighted by Crippen LogP contribution is -2.52. The van der Waals surface area contributed by atoms with Crippen molar-refractivity contribution in [2.45, 2.75) is 43.6 Å². The first-order valence-corrected chi connectivity index (χ1v) is 8.34. The average molecular weight is 303 g/mol. The Bertz CT molecular complexity index is 582. The van der Waals surface area contributed by atoms with Crippen LogP contribution in [0.2, 0.25) is 0 Å². The first kappa shape index (κ1) is 14.2. The Morgan fingerprint density at radius 2 is 2.09 bits per heavy atom. The molecule has 4 rings (SSSR count). The summed E-state index contributed by atoms with van der Waals surface area (Å²) in [6, 6.07) is 7.01. The summed E-state index contributed by atoms with van der Waals surface area (Å²) in [4.78, 5) is 15.5. The predicted octanol–water partition coefficient (Wildman–Crippen LogP) is 2.88. The number of carbonyl (C=O) groups is 1. The van der Waals surface area contributed by atoms with E-state index in [9.17, 15) is 9.18 Å². The lowest BCUT2D eigenvalue weighted by Gasteiger charge is -2.41. The fraction of sp³-hybridized carbons (Fsp3) is 0.611. The molecule has 1 aromatic carbocycles. The summed E-state index contributed by atoms with van der Waals surface area (Å²) < 4.78 is 19.2. The molecule has 4 heteroatoms. The number of carbonyl (C=O) groups excluding carboxylic acids is 1. The zero-order chi connectivity index (χ0) is 15.2. The summed E-state index contributed by atoms with van der Waals surface area (Å²) in [6.07, 6.45) is 4.85. The molecule has 1 aromatic rings. The summed E-state index contributed by atoms with van der Waals surface area (Å²) in [7, 11) is 0. The first-order valence-electron chi connectivity index (χ1n) is 8.34. The van der Waals surface area contributed by atoms with E-state index in [4.69, 9.17) is 4.74 Å². The first-order chi connectivity index (χ1) is 10.7. The Morgan fingerprint density at radius 3 is 2.73 bits per heavy atom. The molecular formula is C18H22FNO2. The molecule has 2 aliphatic heterocycles. The number of likely N-dealkylation sites (tertiary alicyclic amines) is 1. The Kier molecular flexibility index (Phi) is 3.44. The smallest absolute Gasteiger partial charge is 0.233 e. The molecule has 3 fully saturated rings. The van der Waals surface area contributed by atoms with Crippen LogP contribution in [0.3, 0.4) is 0 Å². The van der Waals surface area contributed by atoms with Crippen LogP contribution < -0.4 is 0 Å². The van der Waals surface area contributed by atoms with E-state index < -0.39 is 5.41 Å². The molecule has 3 nitrogen and oxygen atoms in total. The van der Waals surface area contributed by atoms with Gasteiger partial charge in [-0.2, -0.15) is 0 Å². The van der Waals surface area contributed by atoms with Crippen LogP contribution in [-0.2, 0) is 14.9 Å². The molecule has 0 spiro atoms. The largest absolute Gasteiger partial charge is 0.381 e. The van der Waals surface area contributed by atoms with Crippen molar-refractivity contribution in [1.29, 1.82) is 0 Å². The van der Waals surface area contributed by atoms with Crippen molar-refractivity contribution in [3.05, 3.63) is 35.6 Å². The van der Waals surface area contributed by atoms with Gasteiger partial charge in [-0.05, 0) is 55.7 Å². The van der Waals surface area contributed by atoms with Crippen LogP contribution in [0.5, 0.6) is 0 Å². The maximum Gasteiger partial charge on any atom is 0.233 e. The maximum absolute atomic E-state index is 13.7. The van der Waals surface area contributed by atoms with E-state index in [1.54, 1.807) is 6.07 Å². The number of rotatable bonds is 2. The highest BCUT2D eigenvalue weighted by molar-refractivity contribution is 5.89. The summed E-state index contributed by atoms with van der Waals surface area (Å²) in [6.45, 7) is 2.04. The maximum atomic E-state index is 13.7. The van der Waals surface area contributed by atoms with Gasteiger partial charge in [-0.25, -0.2) is 4.39 Å². The van der Waals surface area contributed by atoms with Gasteiger partial charge in [-0.3, -0.25) is 4.79 Å². The minimum absolute atomic E-state index is 0.202. The highest BCUT2D eigenvalue weighted by atomic mass is 19.1. The van der Waals surface area contributed by atoms with Crippen LogP contribution in [0.1, 0.15) is 37.7 Å². The Balaban J connectivity index is 1.70. The molecule has 1 amide bonds. The van der Waals surface area contributed by atoms with Gasteiger partial charge < -0.3 is 9.64 Å². The standard InChI is InChI=1S/C18H22FNO2/c19-15-3-1-2-14(11-15)18(6-8-22-9-7-18)17(21)20-12-13-4-5-16(20)10-13/h1-3,11,13,16H,4-10,12H2. The van der Waals surface area contributed by atoms with E-state index in [1.807, 2.05) is 6.07 Å². The summed E-state index contributed by atoms with van der Waals surface area (Å²) in [5.74, 6) is 0.617. The molecule has 22 heavy (non-hydrogen) atoms. The fourth-order valence-electron chi connectivity index (χ4n) is 4.58. The van der Waals surface area contributed by atoms with Gasteiger partial charge >= 0.3 is 0 Å². The predicted molar refractivity (Wildman–Crippen MR) is 81.0 cm³/mol. The van der Waals surface area contributed by atoms with E-state index in [2.05, 4.69) is 4.90 Å². The van der Waals surface area contributed by atoms with E-state index in [0.717, 1.165) is 24.9 Å². The third kappa shape index (κ3) is 2.16. The number of piperidine rings is 1. The van der Waals surface area contributed by atoms with Gasteiger partial charge in [0.05, 0.1) is 5.41 Å². The number of ether oxygens (including phenoxy) is 1. The molecule has 2 atom stereocenters. The van der Waals surface area contributed by atoms with Crippen LogP contribution in [0.15, 0.2) is 24.3 Å². The molecule has 2 bridgehead atoms. The number of hydrogen-bond donors (Lipinski definition) is 0. The minimum Gasteiger partial charge on any atom is -0.381 e. The van der Waals surface area contributed by atoms with Crippen molar-refractivity contribution in [2.24, 2.45) is 5.92 Å². The number of fused-ring (bicyclic) bond motifs is 2. The van der Waals surface area contributed by atoms with Gasteiger partial charge in [-0.1, -0.05) is 12.1 Å². The molecule has 2 unspecified atom stereocenters. The van der Waals surface area contributed by atoms with Gasteiger partial charge in [-0.15, -0.1) is 0 Å². The molecule has 0 radical (unpaired) electrons. The summed E-state index contributed by atoms with van der Waals surface area (Å²) >= 11 is 0. The van der Waals surface area contributed by atoms with Crippen molar-refractivity contribution < 1.29 is 13.9 Å². The van der Waals surface area contributed by atoms with Crippen molar-refractivity contribution in [1.82, 2.24) is 4.90 Å². The fourth-order valence-corrected chi connectivity index (χ4v) is 4.58. The number of hydrogen-bond acceptors (Lipinski definition) is 2. The second-order valence-corrected chi connectivity index (χ2v) is 7.00. The zero-order valence-electron chi connectivity index (χ0n) is 12.8. The quantitative estimate of drug-likeness (QED) is 0.841. The van der Waals surface area contributed by atoms with E-state index in [0.29, 0.717) is 38.0 Å². The minimum atomic E-state index is -0.592. The third-order valence-corrected chi connectivity index (χ3v) is 5.80. The van der Waals surface area contributed by atoms with E-state index in [-0.39, 0.29) is 11.7 Å². The topological polar surface area (TPSA) is 29.5 Å². The normalized spacial score (nSPS) is 29.8. The number of benzene rings is 1. The van der Waals surface area contributed by atoms with Crippen LogP contribution in [0, 0.1) is 11.7 Å². The Morgan fingerprint density at radius 1 is 1.27 bits per heavy atom. The van der Waals surface area contributed by atoms with E-state index in [1.165, 1.54) is 18.6 Å². The van der Waals surface area contributed by atoms with Crippen molar-refractivity contribution >= 4 is 5.91 Å². The third-order valence-electron chi connectivity index (χ3n) is 5.80. The highest BCUT2D eigenvalue weighted by Gasteiger charge is 2.49. The van der Waals surface area contributed by atoms with Crippen molar-refractivity contribution in [2.75, 3.05) is 19.8 Å². The second kappa shape index (κ2) is 5.34. The van der Waals surface area contributed by atoms with Crippen LogP contribution >= 0.6 is 0 Å². The Hall–Kier alpha value is -1.42. The average Bonchev–Trinajstić information content (AvgIpc) is 3.18. The van der Waals surface area contributed by atoms with Crippen molar-refractivity contribution in [3.8, 4) is 0 Å². The molecular weight excluding hydrogens is 281 g/mol. The van der Waals surface area contributed by atoms with Crippen LogP contribution in [0.25, 0.3) is 0 Å². The molecule has 0 aromatic heterocycles. The van der Waals surface area contributed by atoms with Gasteiger partial charge in [0.25, 0.3) is 0 Å². The number of halogens is 1. The Labute approximate surface area is 130 Å².